The highest BCUT2D eigenvalue weighted by molar-refractivity contribution is 5.71. The van der Waals surface area contributed by atoms with Gasteiger partial charge in [0.15, 0.2) is 6.10 Å². The first-order valence-electron chi connectivity index (χ1n) is 23.1. The summed E-state index contributed by atoms with van der Waals surface area (Å²) in [5.74, 6) is 1.58. The first-order valence-corrected chi connectivity index (χ1v) is 23.1. The Morgan fingerprint density at radius 2 is 0.660 bits per heavy atom. The van der Waals surface area contributed by atoms with E-state index in [1.165, 1.54) is 128 Å². The van der Waals surface area contributed by atoms with Gasteiger partial charge in [-0.05, 0) is 37.0 Å². The standard InChI is InChI=1S/C47H90O6/c1-7-43(6)35-29-23-17-12-13-18-24-30-36-45(48)51-39-44(40-52-46(49)37-31-25-20-14-16-22-28-34-42(4)5)53-47(50)38-32-26-19-11-9-8-10-15-21-27-33-41(2)3/h41-44H,7-40H2,1-6H3/t43?,44-/m1/s1. The molecular weight excluding hydrogens is 661 g/mol. The van der Waals surface area contributed by atoms with E-state index in [9.17, 15) is 14.4 Å². The summed E-state index contributed by atoms with van der Waals surface area (Å²) >= 11 is 0. The van der Waals surface area contributed by atoms with Gasteiger partial charge in [-0.2, -0.15) is 0 Å². The Bertz CT molecular complexity index is 824. The summed E-state index contributed by atoms with van der Waals surface area (Å²) in [7, 11) is 0. The van der Waals surface area contributed by atoms with E-state index in [4.69, 9.17) is 14.2 Å². The maximum Gasteiger partial charge on any atom is 0.306 e. The molecule has 6 heteroatoms. The maximum atomic E-state index is 12.7. The van der Waals surface area contributed by atoms with Crippen molar-refractivity contribution in [3.05, 3.63) is 0 Å². The second-order valence-corrected chi connectivity index (χ2v) is 17.2. The maximum absolute atomic E-state index is 12.7. The van der Waals surface area contributed by atoms with Crippen LogP contribution in [0.25, 0.3) is 0 Å². The molecule has 6 nitrogen and oxygen atoms in total. The lowest BCUT2D eigenvalue weighted by Crippen LogP contribution is -2.30. The van der Waals surface area contributed by atoms with Crippen LogP contribution in [-0.4, -0.2) is 37.2 Å². The van der Waals surface area contributed by atoms with E-state index in [0.717, 1.165) is 75.5 Å². The minimum atomic E-state index is -0.762. The van der Waals surface area contributed by atoms with Crippen LogP contribution in [0.1, 0.15) is 247 Å². The van der Waals surface area contributed by atoms with E-state index in [1.54, 1.807) is 0 Å². The van der Waals surface area contributed by atoms with Gasteiger partial charge < -0.3 is 14.2 Å². The molecule has 314 valence electrons. The largest absolute Gasteiger partial charge is 0.462 e. The molecule has 2 atom stereocenters. The summed E-state index contributed by atoms with van der Waals surface area (Å²) in [6.45, 7) is 13.6. The van der Waals surface area contributed by atoms with Crippen LogP contribution in [0.2, 0.25) is 0 Å². The normalized spacial score (nSPS) is 12.7. The zero-order valence-electron chi connectivity index (χ0n) is 36.3. The van der Waals surface area contributed by atoms with Gasteiger partial charge >= 0.3 is 17.9 Å². The molecule has 0 aromatic carbocycles. The number of carbonyl (C=O) groups is 3. The van der Waals surface area contributed by atoms with Crippen LogP contribution in [0.5, 0.6) is 0 Å². The fraction of sp³-hybridized carbons (Fsp3) is 0.936. The predicted molar refractivity (Wildman–Crippen MR) is 224 cm³/mol. The molecule has 0 bridgehead atoms. The summed E-state index contributed by atoms with van der Waals surface area (Å²) in [5.41, 5.74) is 0. The van der Waals surface area contributed by atoms with Crippen molar-refractivity contribution in [2.24, 2.45) is 17.8 Å². The zero-order valence-corrected chi connectivity index (χ0v) is 36.3. The van der Waals surface area contributed by atoms with Crippen molar-refractivity contribution in [3.63, 3.8) is 0 Å². The second-order valence-electron chi connectivity index (χ2n) is 17.2. The molecular formula is C47H90O6. The molecule has 0 aliphatic rings. The Balaban J connectivity index is 4.35. The van der Waals surface area contributed by atoms with E-state index < -0.39 is 6.10 Å². The second kappa shape index (κ2) is 38.7. The molecule has 0 N–H and O–H groups in total. The molecule has 0 aromatic rings. The van der Waals surface area contributed by atoms with Crippen LogP contribution < -0.4 is 0 Å². The van der Waals surface area contributed by atoms with Gasteiger partial charge in [-0.25, -0.2) is 0 Å². The number of ether oxygens (including phenoxy) is 3. The van der Waals surface area contributed by atoms with Gasteiger partial charge in [0.25, 0.3) is 0 Å². The molecule has 0 saturated heterocycles. The molecule has 0 amide bonds. The van der Waals surface area contributed by atoms with Gasteiger partial charge in [0.2, 0.25) is 0 Å². The first kappa shape index (κ1) is 51.4. The molecule has 0 fully saturated rings. The Labute approximate surface area is 329 Å². The van der Waals surface area contributed by atoms with E-state index >= 15 is 0 Å². The zero-order chi connectivity index (χ0) is 39.2. The van der Waals surface area contributed by atoms with Gasteiger partial charge in [0, 0.05) is 19.3 Å². The van der Waals surface area contributed by atoms with Gasteiger partial charge in [0.05, 0.1) is 0 Å². The minimum Gasteiger partial charge on any atom is -0.462 e. The first-order chi connectivity index (χ1) is 25.6. The highest BCUT2D eigenvalue weighted by atomic mass is 16.6. The number of rotatable bonds is 40. The average molecular weight is 751 g/mol. The lowest BCUT2D eigenvalue weighted by atomic mass is 9.99. The van der Waals surface area contributed by atoms with Crippen LogP contribution >= 0.6 is 0 Å². The van der Waals surface area contributed by atoms with Crippen molar-refractivity contribution < 1.29 is 28.6 Å². The monoisotopic (exact) mass is 751 g/mol. The Morgan fingerprint density at radius 3 is 0.981 bits per heavy atom. The van der Waals surface area contributed by atoms with Crippen LogP contribution in [0.3, 0.4) is 0 Å². The summed E-state index contributed by atoms with van der Waals surface area (Å²) in [4.78, 5) is 37.7. The van der Waals surface area contributed by atoms with Crippen molar-refractivity contribution in [3.8, 4) is 0 Å². The summed E-state index contributed by atoms with van der Waals surface area (Å²) in [6.07, 6.45) is 35.2. The number of hydrogen-bond donors (Lipinski definition) is 0. The quantitative estimate of drug-likeness (QED) is 0.0352. The number of unbranched alkanes of at least 4 members (excludes halogenated alkanes) is 22. The summed E-state index contributed by atoms with van der Waals surface area (Å²) in [6, 6.07) is 0. The summed E-state index contributed by atoms with van der Waals surface area (Å²) in [5, 5.41) is 0. The third-order valence-electron chi connectivity index (χ3n) is 10.8. The SMILES string of the molecule is CCC(C)CCCCCCCCCCC(=O)OC[C@H](COC(=O)CCCCCCCCCC(C)C)OC(=O)CCCCCCCCCCCCC(C)C. The molecule has 0 aromatic heterocycles. The van der Waals surface area contributed by atoms with Crippen molar-refractivity contribution >= 4 is 17.9 Å². The lowest BCUT2D eigenvalue weighted by molar-refractivity contribution is -0.167. The van der Waals surface area contributed by atoms with Gasteiger partial charge in [-0.1, -0.05) is 208 Å². The van der Waals surface area contributed by atoms with Crippen LogP contribution in [0.15, 0.2) is 0 Å². The van der Waals surface area contributed by atoms with Crippen LogP contribution in [0, 0.1) is 17.8 Å². The van der Waals surface area contributed by atoms with Crippen molar-refractivity contribution in [2.45, 2.75) is 253 Å². The van der Waals surface area contributed by atoms with Crippen molar-refractivity contribution in [2.75, 3.05) is 13.2 Å². The molecule has 0 rings (SSSR count). The molecule has 0 spiro atoms. The van der Waals surface area contributed by atoms with Crippen molar-refractivity contribution in [1.29, 1.82) is 0 Å². The van der Waals surface area contributed by atoms with E-state index in [0.29, 0.717) is 19.3 Å². The topological polar surface area (TPSA) is 78.9 Å². The molecule has 1 unspecified atom stereocenters. The molecule has 0 heterocycles. The molecule has 0 radical (unpaired) electrons. The van der Waals surface area contributed by atoms with Crippen LogP contribution in [-0.2, 0) is 28.6 Å². The lowest BCUT2D eigenvalue weighted by Gasteiger charge is -2.18. The number of esters is 3. The van der Waals surface area contributed by atoms with Crippen molar-refractivity contribution in [1.82, 2.24) is 0 Å². The third-order valence-corrected chi connectivity index (χ3v) is 10.8. The summed E-state index contributed by atoms with van der Waals surface area (Å²) < 4.78 is 16.7. The molecule has 0 aliphatic heterocycles. The highest BCUT2D eigenvalue weighted by Crippen LogP contribution is 2.17. The Hall–Kier alpha value is -1.59. The number of carbonyl (C=O) groups excluding carboxylic acids is 3. The highest BCUT2D eigenvalue weighted by Gasteiger charge is 2.19. The van der Waals surface area contributed by atoms with E-state index in [2.05, 4.69) is 41.5 Å². The van der Waals surface area contributed by atoms with Gasteiger partial charge in [-0.15, -0.1) is 0 Å². The van der Waals surface area contributed by atoms with Crippen LogP contribution in [0.4, 0.5) is 0 Å². The predicted octanol–water partition coefficient (Wildman–Crippen LogP) is 14.4. The van der Waals surface area contributed by atoms with E-state index in [-0.39, 0.29) is 31.1 Å². The van der Waals surface area contributed by atoms with E-state index in [1.807, 2.05) is 0 Å². The third kappa shape index (κ3) is 39.9. The number of hydrogen-bond acceptors (Lipinski definition) is 6. The Morgan fingerprint density at radius 1 is 0.377 bits per heavy atom. The minimum absolute atomic E-state index is 0.0667. The van der Waals surface area contributed by atoms with Gasteiger partial charge in [-0.3, -0.25) is 14.4 Å². The average Bonchev–Trinajstić information content (AvgIpc) is 3.12. The fourth-order valence-electron chi connectivity index (χ4n) is 6.85. The van der Waals surface area contributed by atoms with Gasteiger partial charge in [0.1, 0.15) is 13.2 Å². The molecule has 0 aliphatic carbocycles. The molecule has 0 saturated carbocycles. The molecule has 53 heavy (non-hydrogen) atoms. The fourth-order valence-corrected chi connectivity index (χ4v) is 6.85. The smallest absolute Gasteiger partial charge is 0.306 e. The Kier molecular flexibility index (Phi) is 37.5.